The molecule has 0 aromatic carbocycles. The maximum absolute atomic E-state index is 12.4. The average Bonchev–Trinajstić information content (AvgIpc) is 3.27. The normalized spacial score (nSPS) is 42.4. The molecule has 4 aliphatic carbocycles. The van der Waals surface area contributed by atoms with Crippen LogP contribution >= 0.6 is 0 Å². The molecule has 0 radical (unpaired) electrons. The molecule has 0 spiro atoms. The lowest BCUT2D eigenvalue weighted by Gasteiger charge is -2.61. The molecule has 4 saturated carbocycles. The van der Waals surface area contributed by atoms with E-state index >= 15 is 0 Å². The van der Waals surface area contributed by atoms with Gasteiger partial charge in [-0.25, -0.2) is 8.42 Å². The number of rotatable bonds is 10. The van der Waals surface area contributed by atoms with E-state index in [2.05, 4.69) is 19.2 Å². The molecule has 0 aromatic rings. The number of aliphatic hydroxyl groups is 3. The van der Waals surface area contributed by atoms with Crippen LogP contribution in [0.5, 0.6) is 0 Å². The van der Waals surface area contributed by atoms with Gasteiger partial charge in [0.15, 0.2) is 5.88 Å². The Bertz CT molecular complexity index is 932. The van der Waals surface area contributed by atoms with Crippen molar-refractivity contribution in [2.75, 3.05) is 26.0 Å². The fraction of sp³-hybridized carbons (Fsp3) is 0.964. The maximum atomic E-state index is 12.4. The number of hydrogen-bond donors (Lipinski definition) is 5. The van der Waals surface area contributed by atoms with Gasteiger partial charge in [-0.05, 0) is 98.2 Å². The molecule has 12 unspecified atom stereocenters. The Balaban J connectivity index is 1.27. The van der Waals surface area contributed by atoms with Crippen LogP contribution in [0, 0.1) is 46.8 Å². The Morgan fingerprint density at radius 1 is 1.11 bits per heavy atom. The molecule has 0 bridgehead atoms. The second kappa shape index (κ2) is 12.0. The molecule has 1 amide bonds. The highest BCUT2D eigenvalue weighted by molar-refractivity contribution is 7.85. The Morgan fingerprint density at radius 3 is 2.53 bits per heavy atom. The summed E-state index contributed by atoms with van der Waals surface area (Å²) in [5.41, 5.74) is 0.0798. The van der Waals surface area contributed by atoms with Crippen molar-refractivity contribution in [3.63, 3.8) is 0 Å². The summed E-state index contributed by atoms with van der Waals surface area (Å²) in [6.45, 7) is 5.49. The Morgan fingerprint density at radius 2 is 1.82 bits per heavy atom. The zero-order chi connectivity index (χ0) is 27.8. The highest BCUT2D eigenvalue weighted by Crippen LogP contribution is 2.64. The predicted octanol–water partition coefficient (Wildman–Crippen LogP) is 0.498. The third kappa shape index (κ3) is 6.57. The fourth-order valence-corrected chi connectivity index (χ4v) is 10.0. The number of hydrogen-bond acceptors (Lipinski definition) is 7. The van der Waals surface area contributed by atoms with E-state index in [-0.39, 0.29) is 41.5 Å². The smallest absolute Gasteiger partial charge is 0.220 e. The van der Waals surface area contributed by atoms with Crippen molar-refractivity contribution in [2.24, 2.45) is 46.8 Å². The Labute approximate surface area is 228 Å². The summed E-state index contributed by atoms with van der Waals surface area (Å²) in [6, 6.07) is 0. The zero-order valence-electron chi connectivity index (χ0n) is 23.3. The largest absolute Gasteiger partial charge is 0.744 e. The lowest BCUT2D eigenvalue weighted by Crippen LogP contribution is -3.09. The van der Waals surface area contributed by atoms with Crippen molar-refractivity contribution in [1.82, 2.24) is 5.32 Å². The second-order valence-electron chi connectivity index (χ2n) is 13.5. The molecular formula is C28H50N2O7S. The number of amides is 1. The molecule has 12 atom stereocenters. The third-order valence-electron chi connectivity index (χ3n) is 11.1. The Hall–Kier alpha value is -0.780. The van der Waals surface area contributed by atoms with Crippen molar-refractivity contribution in [3.8, 4) is 0 Å². The first kappa shape index (κ1) is 30.2. The SMILES string of the molecule is CC(CCC(=O)NCCC[NH+](C)CS(=O)(=O)[O-])C1CCC2C1C(O)CC1C2C(O)CC2CC(O)CCC21C. The molecule has 4 rings (SSSR count). The predicted molar refractivity (Wildman–Crippen MR) is 142 cm³/mol. The number of quaternary nitrogens is 1. The van der Waals surface area contributed by atoms with Crippen molar-refractivity contribution < 1.29 is 38.0 Å². The summed E-state index contributed by atoms with van der Waals surface area (Å²) >= 11 is 0. The van der Waals surface area contributed by atoms with Gasteiger partial charge in [0.1, 0.15) is 10.1 Å². The topological polar surface area (TPSA) is 151 Å². The minimum atomic E-state index is -4.25. The van der Waals surface area contributed by atoms with Gasteiger partial charge in [-0.1, -0.05) is 13.8 Å². The molecule has 4 aliphatic rings. The van der Waals surface area contributed by atoms with Crippen LogP contribution in [0.2, 0.25) is 0 Å². The molecule has 0 heterocycles. The van der Waals surface area contributed by atoms with Crippen molar-refractivity contribution in [2.45, 2.75) is 96.4 Å². The monoisotopic (exact) mass is 558 g/mol. The van der Waals surface area contributed by atoms with Gasteiger partial charge in [0.2, 0.25) is 5.91 Å². The summed E-state index contributed by atoms with van der Waals surface area (Å²) in [7, 11) is -2.60. The quantitative estimate of drug-likeness (QED) is 0.193. The van der Waals surface area contributed by atoms with Gasteiger partial charge in [-0.15, -0.1) is 0 Å². The molecule has 220 valence electrons. The summed E-state index contributed by atoms with van der Waals surface area (Å²) in [5.74, 6) is 1.51. The van der Waals surface area contributed by atoms with E-state index < -0.39 is 16.0 Å². The standard InChI is InChI=1S/C28H50N2O7S/c1-17(5-8-25(34)29-11-4-12-30(3)16-38(35,36)37)20-6-7-21-26(20)24(33)15-22-27(21)23(32)14-18-13-19(31)9-10-28(18,22)2/h17-24,26-27,31-33H,4-16H2,1-3H3,(H,29,34)(H,35,36,37). The van der Waals surface area contributed by atoms with Crippen molar-refractivity contribution >= 4 is 16.0 Å². The fourth-order valence-electron chi connectivity index (χ4n) is 9.26. The molecule has 38 heavy (non-hydrogen) atoms. The Kier molecular flexibility index (Phi) is 9.52. The van der Waals surface area contributed by atoms with E-state index in [9.17, 15) is 33.1 Å². The zero-order valence-corrected chi connectivity index (χ0v) is 24.2. The summed E-state index contributed by atoms with van der Waals surface area (Å²) in [5, 5.41) is 35.9. The van der Waals surface area contributed by atoms with Gasteiger partial charge in [0, 0.05) is 19.4 Å². The van der Waals surface area contributed by atoms with Crippen molar-refractivity contribution in [3.05, 3.63) is 0 Å². The molecule has 5 N–H and O–H groups in total. The minimum Gasteiger partial charge on any atom is -0.744 e. The van der Waals surface area contributed by atoms with Gasteiger partial charge >= 0.3 is 0 Å². The van der Waals surface area contributed by atoms with E-state index in [0.717, 1.165) is 51.4 Å². The number of aliphatic hydroxyl groups excluding tert-OH is 3. The number of carbonyl (C=O) groups excluding carboxylic acids is 1. The van der Waals surface area contributed by atoms with Crippen LogP contribution in [0.25, 0.3) is 0 Å². The highest BCUT2D eigenvalue weighted by Gasteiger charge is 2.61. The summed E-state index contributed by atoms with van der Waals surface area (Å²) < 4.78 is 32.5. The van der Waals surface area contributed by atoms with E-state index in [4.69, 9.17) is 0 Å². The molecular weight excluding hydrogens is 508 g/mol. The lowest BCUT2D eigenvalue weighted by molar-refractivity contribution is -0.867. The van der Waals surface area contributed by atoms with Crippen LogP contribution in [0.1, 0.15) is 78.1 Å². The first-order valence-electron chi connectivity index (χ1n) is 14.9. The van der Waals surface area contributed by atoms with E-state index in [0.29, 0.717) is 60.4 Å². The summed E-state index contributed by atoms with van der Waals surface area (Å²) in [4.78, 5) is 13.1. The molecule has 0 aliphatic heterocycles. The van der Waals surface area contributed by atoms with Crippen molar-refractivity contribution in [1.29, 1.82) is 0 Å². The molecule has 0 aromatic heterocycles. The first-order valence-corrected chi connectivity index (χ1v) is 16.4. The van der Waals surface area contributed by atoms with E-state index in [1.165, 1.54) is 0 Å². The lowest BCUT2D eigenvalue weighted by atomic mass is 9.45. The van der Waals surface area contributed by atoms with Crippen LogP contribution in [-0.4, -0.2) is 78.5 Å². The molecule has 10 heteroatoms. The molecule has 0 saturated heterocycles. The maximum Gasteiger partial charge on any atom is 0.220 e. The van der Waals surface area contributed by atoms with E-state index in [1.807, 2.05) is 0 Å². The number of carbonyl (C=O) groups is 1. The minimum absolute atomic E-state index is 0.0223. The van der Waals surface area contributed by atoms with Gasteiger partial charge < -0.3 is 30.1 Å². The number of nitrogens with one attached hydrogen (secondary N) is 2. The third-order valence-corrected chi connectivity index (χ3v) is 12.0. The first-order chi connectivity index (χ1) is 17.8. The van der Waals surface area contributed by atoms with Crippen LogP contribution in [0.4, 0.5) is 0 Å². The highest BCUT2D eigenvalue weighted by atomic mass is 32.2. The molecule has 4 fully saturated rings. The van der Waals surface area contributed by atoms with Gasteiger partial charge in [-0.3, -0.25) is 4.79 Å². The van der Waals surface area contributed by atoms with Crippen LogP contribution in [-0.2, 0) is 14.9 Å². The number of fused-ring (bicyclic) bond motifs is 5. The summed E-state index contributed by atoms with van der Waals surface area (Å²) in [6.07, 6.45) is 6.87. The molecule has 9 nitrogen and oxygen atoms in total. The second-order valence-corrected chi connectivity index (χ2v) is 14.9. The van der Waals surface area contributed by atoms with Crippen LogP contribution < -0.4 is 10.2 Å². The van der Waals surface area contributed by atoms with Gasteiger partial charge in [0.25, 0.3) is 0 Å². The van der Waals surface area contributed by atoms with E-state index in [1.54, 1.807) is 7.05 Å². The average molecular weight is 559 g/mol. The van der Waals surface area contributed by atoms with Gasteiger partial charge in [-0.2, -0.15) is 0 Å². The van der Waals surface area contributed by atoms with Crippen LogP contribution in [0.15, 0.2) is 0 Å². The van der Waals surface area contributed by atoms with Crippen LogP contribution in [0.3, 0.4) is 0 Å². The van der Waals surface area contributed by atoms with Gasteiger partial charge in [0.05, 0.1) is 31.9 Å².